The van der Waals surface area contributed by atoms with Gasteiger partial charge in [-0.15, -0.1) is 0 Å². The molecule has 184 valence electrons. The van der Waals surface area contributed by atoms with E-state index in [4.69, 9.17) is 9.47 Å². The van der Waals surface area contributed by atoms with Crippen molar-refractivity contribution in [3.8, 4) is 17.2 Å². The van der Waals surface area contributed by atoms with Gasteiger partial charge >= 0.3 is 0 Å². The van der Waals surface area contributed by atoms with Gasteiger partial charge in [-0.1, -0.05) is 18.2 Å². The van der Waals surface area contributed by atoms with Gasteiger partial charge in [-0.05, 0) is 60.5 Å². The number of phenols is 1. The Kier molecular flexibility index (Phi) is 6.05. The number of hydrogen-bond donors (Lipinski definition) is 1. The van der Waals surface area contributed by atoms with E-state index in [1.807, 2.05) is 0 Å². The zero-order chi connectivity index (χ0) is 25.4. The zero-order valence-corrected chi connectivity index (χ0v) is 19.7. The summed E-state index contributed by atoms with van der Waals surface area (Å²) < 4.78 is 23.7. The van der Waals surface area contributed by atoms with Crippen molar-refractivity contribution < 1.29 is 28.6 Å². The van der Waals surface area contributed by atoms with Crippen molar-refractivity contribution in [1.29, 1.82) is 0 Å². The minimum absolute atomic E-state index is 0.143. The van der Waals surface area contributed by atoms with E-state index in [9.17, 15) is 19.1 Å². The Morgan fingerprint density at radius 2 is 1.67 bits per heavy atom. The molecule has 3 aromatic carbocycles. The van der Waals surface area contributed by atoms with Crippen LogP contribution in [0.2, 0.25) is 0 Å². The Labute approximate surface area is 207 Å². The number of likely N-dealkylation sites (tertiary alicyclic amines) is 1. The van der Waals surface area contributed by atoms with E-state index in [1.165, 1.54) is 29.2 Å². The zero-order valence-electron chi connectivity index (χ0n) is 19.7. The first kappa shape index (κ1) is 23.3. The monoisotopic (exact) mass is 489 g/mol. The summed E-state index contributed by atoms with van der Waals surface area (Å²) in [4.78, 5) is 28.4. The summed E-state index contributed by atoms with van der Waals surface area (Å²) in [6.45, 7) is 0.143. The molecule has 3 aromatic rings. The number of para-hydroxylation sites is 1. The lowest BCUT2D eigenvalue weighted by atomic mass is 9.92. The van der Waals surface area contributed by atoms with Gasteiger partial charge in [-0.3, -0.25) is 19.5 Å². The largest absolute Gasteiger partial charge is 0.504 e. The lowest BCUT2D eigenvalue weighted by Gasteiger charge is -2.22. The number of halogens is 1. The second-order valence-corrected chi connectivity index (χ2v) is 8.51. The highest BCUT2D eigenvalue weighted by Gasteiger charge is 2.57. The van der Waals surface area contributed by atoms with Crippen LogP contribution in [0, 0.1) is 11.7 Å². The summed E-state index contributed by atoms with van der Waals surface area (Å²) in [5.74, 6) is -1.33. The molecule has 5 rings (SSSR count). The van der Waals surface area contributed by atoms with Crippen molar-refractivity contribution in [2.45, 2.75) is 12.5 Å². The number of hydrazone groups is 1. The van der Waals surface area contributed by atoms with Gasteiger partial charge in [-0.25, -0.2) is 4.39 Å². The third-order valence-corrected chi connectivity index (χ3v) is 6.51. The molecule has 0 bridgehead atoms. The Balaban J connectivity index is 1.52. The van der Waals surface area contributed by atoms with Gasteiger partial charge in [0, 0.05) is 12.1 Å². The summed E-state index contributed by atoms with van der Waals surface area (Å²) in [7, 11) is 2.99. The molecule has 0 aromatic heterocycles. The average Bonchev–Trinajstić information content (AvgIpc) is 3.40. The number of fused-ring (bicyclic) bond motifs is 1. The molecule has 0 spiro atoms. The molecule has 2 heterocycles. The van der Waals surface area contributed by atoms with Gasteiger partial charge in [0.15, 0.2) is 11.5 Å². The van der Waals surface area contributed by atoms with Crippen molar-refractivity contribution in [2.24, 2.45) is 11.0 Å². The molecule has 1 N–H and O–H groups in total. The first-order valence-electron chi connectivity index (χ1n) is 11.4. The Hall–Kier alpha value is -4.40. The van der Waals surface area contributed by atoms with E-state index < -0.39 is 17.9 Å². The summed E-state index contributed by atoms with van der Waals surface area (Å²) in [6.07, 6.45) is 0.386. The molecule has 2 atom stereocenters. The van der Waals surface area contributed by atoms with Crippen LogP contribution in [0.3, 0.4) is 0 Å². The maximum absolute atomic E-state index is 13.6. The number of hydrogen-bond acceptors (Lipinski definition) is 7. The number of carbonyl (C=O) groups excluding carboxylic acids is 2. The smallest absolute Gasteiger partial charge is 0.255 e. The molecular weight excluding hydrogens is 465 g/mol. The number of benzene rings is 3. The molecule has 2 amide bonds. The highest BCUT2D eigenvalue weighted by Crippen LogP contribution is 2.41. The molecule has 2 unspecified atom stereocenters. The van der Waals surface area contributed by atoms with Gasteiger partial charge < -0.3 is 14.6 Å². The molecule has 8 nitrogen and oxygen atoms in total. The number of imide groups is 1. The van der Waals surface area contributed by atoms with Crippen LogP contribution in [0.4, 0.5) is 10.1 Å². The number of amides is 2. The second kappa shape index (κ2) is 9.33. The average molecular weight is 490 g/mol. The third-order valence-electron chi connectivity index (χ3n) is 6.51. The fourth-order valence-corrected chi connectivity index (χ4v) is 4.65. The standard InChI is InChI=1S/C27H24FN3O5/c1-35-19-12-10-18(11-13-19)31-24-22(23(29-31)20-4-3-5-21(36-2)25(20)32)26(33)30(27(24)34)15-14-16-6-8-17(28)9-7-16/h3-13,22,24,32H,14-15H2,1-2H3. The molecule has 0 aliphatic carbocycles. The molecule has 2 aliphatic rings. The van der Waals surface area contributed by atoms with Crippen molar-refractivity contribution >= 4 is 23.2 Å². The number of ether oxygens (including phenoxy) is 2. The van der Waals surface area contributed by atoms with Crippen LogP contribution >= 0.6 is 0 Å². The van der Waals surface area contributed by atoms with Crippen molar-refractivity contribution in [1.82, 2.24) is 4.90 Å². The summed E-state index contributed by atoms with van der Waals surface area (Å²) in [5, 5.41) is 17.0. The van der Waals surface area contributed by atoms with E-state index in [0.717, 1.165) is 5.56 Å². The number of nitrogens with zero attached hydrogens (tertiary/aromatic N) is 3. The molecule has 9 heteroatoms. The quantitative estimate of drug-likeness (QED) is 0.512. The van der Waals surface area contributed by atoms with E-state index in [-0.39, 0.29) is 35.5 Å². The van der Waals surface area contributed by atoms with Crippen LogP contribution in [-0.2, 0) is 16.0 Å². The molecule has 0 saturated carbocycles. The van der Waals surface area contributed by atoms with Gasteiger partial charge in [-0.2, -0.15) is 5.10 Å². The molecular formula is C27H24FN3O5. The Morgan fingerprint density at radius 1 is 0.944 bits per heavy atom. The fourth-order valence-electron chi connectivity index (χ4n) is 4.65. The first-order valence-corrected chi connectivity index (χ1v) is 11.4. The Morgan fingerprint density at radius 3 is 2.33 bits per heavy atom. The summed E-state index contributed by atoms with van der Waals surface area (Å²) >= 11 is 0. The van der Waals surface area contributed by atoms with E-state index in [0.29, 0.717) is 23.4 Å². The van der Waals surface area contributed by atoms with Gasteiger partial charge in [0.2, 0.25) is 5.91 Å². The van der Waals surface area contributed by atoms with Crippen LogP contribution in [0.5, 0.6) is 17.2 Å². The number of aromatic hydroxyl groups is 1. The lowest BCUT2D eigenvalue weighted by molar-refractivity contribution is -0.139. The van der Waals surface area contributed by atoms with Crippen LogP contribution in [-0.4, -0.2) is 54.3 Å². The number of rotatable bonds is 7. The highest BCUT2D eigenvalue weighted by molar-refractivity contribution is 6.26. The number of anilines is 1. The summed E-state index contributed by atoms with van der Waals surface area (Å²) in [5.41, 5.74) is 2.02. The minimum atomic E-state index is -0.911. The summed E-state index contributed by atoms with van der Waals surface area (Å²) in [6, 6.07) is 17.0. The minimum Gasteiger partial charge on any atom is -0.504 e. The van der Waals surface area contributed by atoms with Crippen LogP contribution in [0.15, 0.2) is 71.8 Å². The SMILES string of the molecule is COc1ccc(N2N=C(c3cccc(OC)c3O)C3C(=O)N(CCc4ccc(F)cc4)C(=O)C32)cc1. The molecule has 0 radical (unpaired) electrons. The molecule has 1 fully saturated rings. The molecule has 1 saturated heterocycles. The van der Waals surface area contributed by atoms with Gasteiger partial charge in [0.05, 0.1) is 25.6 Å². The van der Waals surface area contributed by atoms with E-state index in [2.05, 4.69) is 5.10 Å². The fraction of sp³-hybridized carbons (Fsp3) is 0.222. The maximum Gasteiger partial charge on any atom is 0.255 e. The van der Waals surface area contributed by atoms with Gasteiger partial charge in [0.25, 0.3) is 5.91 Å². The predicted molar refractivity (Wildman–Crippen MR) is 131 cm³/mol. The second-order valence-electron chi connectivity index (χ2n) is 8.51. The van der Waals surface area contributed by atoms with Crippen LogP contribution in [0.1, 0.15) is 11.1 Å². The topological polar surface area (TPSA) is 91.7 Å². The Bertz CT molecular complexity index is 1340. The number of phenolic OH excluding ortho intramolecular Hbond substituents is 1. The lowest BCUT2D eigenvalue weighted by Crippen LogP contribution is -2.39. The normalized spacial score (nSPS) is 18.9. The number of methoxy groups -OCH3 is 2. The van der Waals surface area contributed by atoms with Crippen molar-refractivity contribution in [2.75, 3.05) is 25.8 Å². The van der Waals surface area contributed by atoms with Gasteiger partial charge in [0.1, 0.15) is 23.5 Å². The van der Waals surface area contributed by atoms with Crippen molar-refractivity contribution in [3.05, 3.63) is 83.7 Å². The maximum atomic E-state index is 13.6. The number of carbonyl (C=O) groups is 2. The molecule has 2 aliphatic heterocycles. The predicted octanol–water partition coefficient (Wildman–Crippen LogP) is 3.37. The van der Waals surface area contributed by atoms with Crippen LogP contribution in [0.25, 0.3) is 0 Å². The molecule has 36 heavy (non-hydrogen) atoms. The van der Waals surface area contributed by atoms with E-state index in [1.54, 1.807) is 61.7 Å². The van der Waals surface area contributed by atoms with Crippen LogP contribution < -0.4 is 14.5 Å². The highest BCUT2D eigenvalue weighted by atomic mass is 19.1. The van der Waals surface area contributed by atoms with Crippen molar-refractivity contribution in [3.63, 3.8) is 0 Å². The van der Waals surface area contributed by atoms with E-state index >= 15 is 0 Å². The first-order chi connectivity index (χ1) is 17.4. The third kappa shape index (κ3) is 3.92.